The molecule has 0 saturated carbocycles. The van der Waals surface area contributed by atoms with Gasteiger partial charge in [0.25, 0.3) is 0 Å². The zero-order valence-corrected chi connectivity index (χ0v) is 20.2. The van der Waals surface area contributed by atoms with Crippen LogP contribution in [0.4, 0.5) is 0 Å². The predicted octanol–water partition coefficient (Wildman–Crippen LogP) is 2.00. The Kier molecular flexibility index (Phi) is 11.4. The highest BCUT2D eigenvalue weighted by molar-refractivity contribution is 14.0. The van der Waals surface area contributed by atoms with Gasteiger partial charge in [0.05, 0.1) is 6.54 Å². The number of furan rings is 1. The van der Waals surface area contributed by atoms with Gasteiger partial charge in [-0.1, -0.05) is 0 Å². The van der Waals surface area contributed by atoms with Crippen LogP contribution in [0.25, 0.3) is 0 Å². The molecule has 1 aromatic heterocycles. The lowest BCUT2D eigenvalue weighted by molar-refractivity contribution is 0.0428. The van der Waals surface area contributed by atoms with Crippen LogP contribution in [0.15, 0.2) is 21.5 Å². The normalized spacial score (nSPS) is 18.8. The molecule has 1 aliphatic rings. The zero-order chi connectivity index (χ0) is 19.7. The molecule has 1 fully saturated rings. The smallest absolute Gasteiger partial charge is 0.191 e. The van der Waals surface area contributed by atoms with Gasteiger partial charge in [-0.3, -0.25) is 0 Å². The van der Waals surface area contributed by atoms with E-state index in [4.69, 9.17) is 4.42 Å². The molecule has 2 rings (SSSR count). The van der Waals surface area contributed by atoms with E-state index in [1.807, 2.05) is 26.0 Å². The number of aryl methyl sites for hydroxylation is 1. The number of guanidine groups is 1. The van der Waals surface area contributed by atoms with Gasteiger partial charge >= 0.3 is 0 Å². The molecule has 2 heterocycles. The van der Waals surface area contributed by atoms with Crippen molar-refractivity contribution in [3.8, 4) is 0 Å². The molecule has 0 radical (unpaired) electrons. The summed E-state index contributed by atoms with van der Waals surface area (Å²) >= 11 is 0. The summed E-state index contributed by atoms with van der Waals surface area (Å²) in [6.07, 6.45) is 2.32. The molecular weight excluding hydrogens is 469 g/mol. The number of likely N-dealkylation sites (N-methyl/N-ethyl adjacent to an activating group) is 1. The Morgan fingerprint density at radius 1 is 1.25 bits per heavy atom. The van der Waals surface area contributed by atoms with E-state index in [0.717, 1.165) is 50.9 Å². The third-order valence-corrected chi connectivity index (χ3v) is 4.92. The number of nitrogens with zero attached hydrogens (tertiary/aromatic N) is 3. The first-order chi connectivity index (χ1) is 12.9. The van der Waals surface area contributed by atoms with Gasteiger partial charge in [0.15, 0.2) is 5.96 Å². The highest BCUT2D eigenvalue weighted by Gasteiger charge is 2.26. The fraction of sp³-hybridized carbons (Fsp3) is 0.750. The minimum absolute atomic E-state index is 0. The Hall–Kier alpha value is -0.840. The lowest BCUT2D eigenvalue weighted by Gasteiger charge is -2.21. The van der Waals surface area contributed by atoms with Crippen LogP contribution in [0, 0.1) is 6.92 Å². The van der Waals surface area contributed by atoms with Crippen LogP contribution in [-0.2, 0) is 5.60 Å². The molecule has 3 N–H and O–H groups in total. The van der Waals surface area contributed by atoms with Crippen molar-refractivity contribution >= 4 is 29.9 Å². The molecule has 1 unspecified atom stereocenters. The van der Waals surface area contributed by atoms with Gasteiger partial charge in [-0.25, -0.2) is 4.99 Å². The Morgan fingerprint density at radius 2 is 2.04 bits per heavy atom. The summed E-state index contributed by atoms with van der Waals surface area (Å²) in [6, 6.07) is 3.67. The number of rotatable bonds is 8. The second-order valence-electron chi connectivity index (χ2n) is 7.66. The standard InChI is InChI=1S/C20H37N5O2.HI/c1-5-21-19(23-16-20(3,26)18-9-8-17(2)27-18)22-10-6-12-25-13-7-11-24(4)14-15-25;/h8-9,26H,5-7,10-16H2,1-4H3,(H2,21,22,23);1H. The summed E-state index contributed by atoms with van der Waals surface area (Å²) in [5, 5.41) is 17.3. The molecule has 1 aromatic rings. The van der Waals surface area contributed by atoms with E-state index in [2.05, 4.69) is 32.5 Å². The number of nitrogens with one attached hydrogen (secondary N) is 2. The summed E-state index contributed by atoms with van der Waals surface area (Å²) in [4.78, 5) is 9.49. The van der Waals surface area contributed by atoms with Gasteiger partial charge in [0.2, 0.25) is 0 Å². The van der Waals surface area contributed by atoms with Gasteiger partial charge in [-0.2, -0.15) is 0 Å². The summed E-state index contributed by atoms with van der Waals surface area (Å²) < 4.78 is 5.55. The maximum Gasteiger partial charge on any atom is 0.191 e. The van der Waals surface area contributed by atoms with Gasteiger partial charge in [-0.15, -0.1) is 24.0 Å². The minimum Gasteiger partial charge on any atom is -0.463 e. The van der Waals surface area contributed by atoms with Crippen molar-refractivity contribution in [1.29, 1.82) is 0 Å². The van der Waals surface area contributed by atoms with Crippen molar-refractivity contribution in [3.05, 3.63) is 23.7 Å². The fourth-order valence-corrected chi connectivity index (χ4v) is 3.21. The Bertz CT molecular complexity index is 591. The molecule has 7 nitrogen and oxygen atoms in total. The van der Waals surface area contributed by atoms with Crippen LogP contribution in [0.3, 0.4) is 0 Å². The number of aliphatic hydroxyl groups is 1. The summed E-state index contributed by atoms with van der Waals surface area (Å²) in [5.74, 6) is 2.07. The van der Waals surface area contributed by atoms with Crippen molar-refractivity contribution in [2.45, 2.75) is 39.2 Å². The van der Waals surface area contributed by atoms with E-state index in [9.17, 15) is 5.11 Å². The third kappa shape index (κ3) is 8.67. The van der Waals surface area contributed by atoms with Crippen molar-refractivity contribution < 1.29 is 9.52 Å². The van der Waals surface area contributed by atoms with E-state index in [-0.39, 0.29) is 30.5 Å². The maximum atomic E-state index is 10.6. The number of halogens is 1. The van der Waals surface area contributed by atoms with Crippen LogP contribution in [-0.4, -0.2) is 80.3 Å². The summed E-state index contributed by atoms with van der Waals surface area (Å²) in [5.41, 5.74) is -1.12. The van der Waals surface area contributed by atoms with Crippen molar-refractivity contribution in [3.63, 3.8) is 0 Å². The Balaban J connectivity index is 0.00000392. The third-order valence-electron chi connectivity index (χ3n) is 4.92. The average Bonchev–Trinajstić information content (AvgIpc) is 2.97. The molecule has 0 aromatic carbocycles. The monoisotopic (exact) mass is 507 g/mol. The molecular formula is C20H38IN5O2. The van der Waals surface area contributed by atoms with Crippen molar-refractivity contribution in [1.82, 2.24) is 20.4 Å². The van der Waals surface area contributed by atoms with Crippen LogP contribution >= 0.6 is 24.0 Å². The topological polar surface area (TPSA) is 76.3 Å². The van der Waals surface area contributed by atoms with E-state index in [1.54, 1.807) is 6.92 Å². The van der Waals surface area contributed by atoms with E-state index < -0.39 is 5.60 Å². The summed E-state index contributed by atoms with van der Waals surface area (Å²) in [7, 11) is 2.20. The average molecular weight is 507 g/mol. The molecule has 1 saturated heterocycles. The molecule has 1 atom stereocenters. The second-order valence-corrected chi connectivity index (χ2v) is 7.66. The maximum absolute atomic E-state index is 10.6. The van der Waals surface area contributed by atoms with E-state index >= 15 is 0 Å². The van der Waals surface area contributed by atoms with E-state index in [1.165, 1.54) is 19.5 Å². The number of aliphatic imine (C=N–C) groups is 1. The Labute approximate surface area is 187 Å². The molecule has 0 bridgehead atoms. The van der Waals surface area contributed by atoms with Crippen LogP contribution in [0.1, 0.15) is 38.2 Å². The lowest BCUT2D eigenvalue weighted by atomic mass is 10.0. The van der Waals surface area contributed by atoms with Gasteiger partial charge < -0.3 is 30.0 Å². The minimum atomic E-state index is -1.12. The first kappa shape index (κ1) is 25.2. The molecule has 0 amide bonds. The van der Waals surface area contributed by atoms with Gasteiger partial charge in [0.1, 0.15) is 17.1 Å². The van der Waals surface area contributed by atoms with Crippen molar-refractivity contribution in [2.24, 2.45) is 4.99 Å². The summed E-state index contributed by atoms with van der Waals surface area (Å²) in [6.45, 7) is 13.3. The first-order valence-corrected chi connectivity index (χ1v) is 10.1. The highest BCUT2D eigenvalue weighted by atomic mass is 127. The number of hydrogen-bond donors (Lipinski definition) is 3. The zero-order valence-electron chi connectivity index (χ0n) is 17.8. The Morgan fingerprint density at radius 3 is 2.71 bits per heavy atom. The molecule has 28 heavy (non-hydrogen) atoms. The van der Waals surface area contributed by atoms with Crippen LogP contribution in [0.2, 0.25) is 0 Å². The quantitative estimate of drug-likeness (QED) is 0.216. The largest absolute Gasteiger partial charge is 0.463 e. The van der Waals surface area contributed by atoms with Gasteiger partial charge in [0, 0.05) is 26.2 Å². The molecule has 8 heteroatoms. The van der Waals surface area contributed by atoms with Crippen LogP contribution < -0.4 is 10.6 Å². The van der Waals surface area contributed by atoms with Crippen molar-refractivity contribution in [2.75, 3.05) is 59.4 Å². The first-order valence-electron chi connectivity index (χ1n) is 10.1. The molecule has 1 aliphatic heterocycles. The van der Waals surface area contributed by atoms with Crippen LogP contribution in [0.5, 0.6) is 0 Å². The van der Waals surface area contributed by atoms with E-state index in [0.29, 0.717) is 5.76 Å². The van der Waals surface area contributed by atoms with Gasteiger partial charge in [-0.05, 0) is 72.4 Å². The molecule has 0 spiro atoms. The highest BCUT2D eigenvalue weighted by Crippen LogP contribution is 2.22. The second kappa shape index (κ2) is 12.7. The molecule has 0 aliphatic carbocycles. The molecule has 162 valence electrons. The predicted molar refractivity (Wildman–Crippen MR) is 126 cm³/mol. The fourth-order valence-electron chi connectivity index (χ4n) is 3.21. The lowest BCUT2D eigenvalue weighted by Crippen LogP contribution is -2.40. The number of hydrogen-bond acceptors (Lipinski definition) is 5. The SMILES string of the molecule is CCNC(=NCC(C)(O)c1ccc(C)o1)NCCCN1CCCN(C)CC1.I.